The summed E-state index contributed by atoms with van der Waals surface area (Å²) in [6.45, 7) is 2.12. The second-order valence-corrected chi connectivity index (χ2v) is 5.02. The van der Waals surface area contributed by atoms with Gasteiger partial charge in [0, 0.05) is 4.47 Å². The quantitative estimate of drug-likeness (QED) is 0.705. The molecule has 3 rings (SSSR count). The van der Waals surface area contributed by atoms with Crippen LogP contribution in [0.5, 0.6) is 0 Å². The minimum atomic E-state index is -0.413. The van der Waals surface area contributed by atoms with Gasteiger partial charge in [0.2, 0.25) is 11.7 Å². The molecular weight excluding hydrogens is 365 g/mol. The summed E-state index contributed by atoms with van der Waals surface area (Å²) < 4.78 is 21.2. The highest BCUT2D eigenvalue weighted by molar-refractivity contribution is 9.10. The topological polar surface area (TPSA) is 69.6 Å². The lowest BCUT2D eigenvalue weighted by Gasteiger charge is -1.98. The minimum Gasteiger partial charge on any atom is -0.337 e. The molecule has 2 heterocycles. The fourth-order valence-electron chi connectivity index (χ4n) is 1.70. The van der Waals surface area contributed by atoms with E-state index in [0.29, 0.717) is 22.5 Å². The summed E-state index contributed by atoms with van der Waals surface area (Å²) in [7, 11) is 0. The lowest BCUT2D eigenvalue weighted by Crippen LogP contribution is -2.04. The highest BCUT2D eigenvalue weighted by Gasteiger charge is 2.14. The largest absolute Gasteiger partial charge is 0.337 e. The lowest BCUT2D eigenvalue weighted by molar-refractivity contribution is 0.364. The SMILES string of the molecule is Cc1ncnn1Cc1nc(-c2ccc(Br)cc2F)no1.Cl. The molecule has 0 amide bonds. The van der Waals surface area contributed by atoms with E-state index in [1.54, 1.807) is 16.8 Å². The fourth-order valence-corrected chi connectivity index (χ4v) is 2.04. The van der Waals surface area contributed by atoms with Crippen LogP contribution in [0.15, 0.2) is 33.5 Å². The number of rotatable bonds is 3. The Hall–Kier alpha value is -1.80. The smallest absolute Gasteiger partial charge is 0.248 e. The van der Waals surface area contributed by atoms with Crippen molar-refractivity contribution < 1.29 is 8.91 Å². The van der Waals surface area contributed by atoms with Crippen LogP contribution in [0.3, 0.4) is 0 Å². The van der Waals surface area contributed by atoms with E-state index < -0.39 is 5.82 Å². The molecule has 9 heteroatoms. The third-order valence-electron chi connectivity index (χ3n) is 2.73. The van der Waals surface area contributed by atoms with Crippen molar-refractivity contribution in [2.24, 2.45) is 0 Å². The van der Waals surface area contributed by atoms with Crippen molar-refractivity contribution in [3.05, 3.63) is 46.5 Å². The van der Waals surface area contributed by atoms with Crippen LogP contribution in [0, 0.1) is 12.7 Å². The predicted octanol–water partition coefficient (Wildman–Crippen LogP) is 3.01. The number of benzene rings is 1. The standard InChI is InChI=1S/C12H9BrFN5O.ClH/c1-7-15-6-16-19(7)5-11-17-12(18-20-11)9-3-2-8(13)4-10(9)14;/h2-4,6H,5H2,1H3;1H. The lowest BCUT2D eigenvalue weighted by atomic mass is 10.2. The van der Waals surface area contributed by atoms with Gasteiger partial charge in [-0.2, -0.15) is 10.1 Å². The molecule has 2 aromatic heterocycles. The first-order chi connectivity index (χ1) is 9.63. The third-order valence-corrected chi connectivity index (χ3v) is 3.23. The van der Waals surface area contributed by atoms with E-state index in [1.807, 2.05) is 6.92 Å². The van der Waals surface area contributed by atoms with Crippen LogP contribution in [-0.4, -0.2) is 24.9 Å². The van der Waals surface area contributed by atoms with E-state index in [0.717, 1.165) is 5.82 Å². The van der Waals surface area contributed by atoms with Crippen LogP contribution in [0.1, 0.15) is 11.7 Å². The summed E-state index contributed by atoms with van der Waals surface area (Å²) >= 11 is 3.20. The number of nitrogens with zero attached hydrogens (tertiary/aromatic N) is 5. The van der Waals surface area contributed by atoms with E-state index in [1.165, 1.54) is 12.4 Å². The van der Waals surface area contributed by atoms with Gasteiger partial charge in [-0.15, -0.1) is 12.4 Å². The first kappa shape index (κ1) is 15.6. The summed E-state index contributed by atoms with van der Waals surface area (Å²) in [5, 5.41) is 7.80. The molecule has 0 unspecified atom stereocenters. The molecule has 0 spiro atoms. The average molecular weight is 375 g/mol. The number of halogens is 3. The van der Waals surface area contributed by atoms with Crippen LogP contribution in [0.25, 0.3) is 11.4 Å². The van der Waals surface area contributed by atoms with Gasteiger partial charge >= 0.3 is 0 Å². The number of aromatic nitrogens is 5. The van der Waals surface area contributed by atoms with Gasteiger partial charge in [-0.3, -0.25) is 0 Å². The van der Waals surface area contributed by atoms with Crippen LogP contribution >= 0.6 is 28.3 Å². The molecule has 110 valence electrons. The Bertz CT molecular complexity index is 760. The monoisotopic (exact) mass is 373 g/mol. The highest BCUT2D eigenvalue weighted by atomic mass is 79.9. The summed E-state index contributed by atoms with van der Waals surface area (Å²) in [5.41, 5.74) is 0.290. The van der Waals surface area contributed by atoms with Crippen LogP contribution < -0.4 is 0 Å². The minimum absolute atomic E-state index is 0. The zero-order chi connectivity index (χ0) is 14.1. The van der Waals surface area contributed by atoms with Crippen molar-refractivity contribution in [2.45, 2.75) is 13.5 Å². The summed E-state index contributed by atoms with van der Waals surface area (Å²) in [6.07, 6.45) is 1.45. The first-order valence-electron chi connectivity index (χ1n) is 5.76. The maximum atomic E-state index is 13.8. The van der Waals surface area contributed by atoms with Gasteiger partial charge in [-0.25, -0.2) is 14.1 Å². The Kier molecular flexibility index (Phi) is 4.69. The van der Waals surface area contributed by atoms with E-state index >= 15 is 0 Å². The normalized spacial score (nSPS) is 10.4. The van der Waals surface area contributed by atoms with Crippen molar-refractivity contribution in [2.75, 3.05) is 0 Å². The molecule has 0 aliphatic heterocycles. The van der Waals surface area contributed by atoms with Crippen LogP contribution in [0.4, 0.5) is 4.39 Å². The van der Waals surface area contributed by atoms with E-state index in [2.05, 4.69) is 36.2 Å². The van der Waals surface area contributed by atoms with Gasteiger partial charge in [0.15, 0.2) is 0 Å². The summed E-state index contributed by atoms with van der Waals surface area (Å²) in [5.74, 6) is 0.877. The zero-order valence-electron chi connectivity index (χ0n) is 10.8. The Morgan fingerprint density at radius 3 is 2.86 bits per heavy atom. The molecule has 0 N–H and O–H groups in total. The van der Waals surface area contributed by atoms with Gasteiger partial charge in [-0.1, -0.05) is 21.1 Å². The van der Waals surface area contributed by atoms with E-state index in [-0.39, 0.29) is 18.2 Å². The van der Waals surface area contributed by atoms with Crippen molar-refractivity contribution in [3.63, 3.8) is 0 Å². The molecule has 0 bridgehead atoms. The summed E-state index contributed by atoms with van der Waals surface area (Å²) in [6, 6.07) is 4.66. The highest BCUT2D eigenvalue weighted by Crippen LogP contribution is 2.23. The van der Waals surface area contributed by atoms with Crippen molar-refractivity contribution in [1.29, 1.82) is 0 Å². The predicted molar refractivity (Wildman–Crippen MR) is 78.5 cm³/mol. The van der Waals surface area contributed by atoms with E-state index in [4.69, 9.17) is 4.52 Å². The van der Waals surface area contributed by atoms with Gasteiger partial charge < -0.3 is 4.52 Å². The van der Waals surface area contributed by atoms with Crippen molar-refractivity contribution in [1.82, 2.24) is 24.9 Å². The van der Waals surface area contributed by atoms with Gasteiger partial charge in [0.1, 0.15) is 24.5 Å². The molecule has 0 fully saturated rings. The average Bonchev–Trinajstić information content (AvgIpc) is 3.00. The molecule has 0 saturated heterocycles. The van der Waals surface area contributed by atoms with Crippen LogP contribution in [-0.2, 0) is 6.54 Å². The Morgan fingerprint density at radius 2 is 2.19 bits per heavy atom. The number of hydrogen-bond acceptors (Lipinski definition) is 5. The maximum Gasteiger partial charge on any atom is 0.248 e. The molecule has 0 aliphatic carbocycles. The second kappa shape index (κ2) is 6.31. The zero-order valence-corrected chi connectivity index (χ0v) is 13.2. The number of aryl methyl sites for hydroxylation is 1. The van der Waals surface area contributed by atoms with Crippen molar-refractivity contribution >= 4 is 28.3 Å². The van der Waals surface area contributed by atoms with Gasteiger partial charge in [0.25, 0.3) is 0 Å². The molecular formula is C12H10BrClFN5O. The molecule has 6 nitrogen and oxygen atoms in total. The third kappa shape index (κ3) is 3.27. The Labute approximate surface area is 133 Å². The molecule has 0 radical (unpaired) electrons. The Morgan fingerprint density at radius 1 is 1.38 bits per heavy atom. The second-order valence-electron chi connectivity index (χ2n) is 4.10. The van der Waals surface area contributed by atoms with E-state index in [9.17, 15) is 4.39 Å². The molecule has 0 aliphatic rings. The molecule has 21 heavy (non-hydrogen) atoms. The molecule has 1 aromatic carbocycles. The number of hydrogen-bond donors (Lipinski definition) is 0. The van der Waals surface area contributed by atoms with Gasteiger partial charge in [0.05, 0.1) is 5.56 Å². The summed E-state index contributed by atoms with van der Waals surface area (Å²) in [4.78, 5) is 8.16. The van der Waals surface area contributed by atoms with Crippen LogP contribution in [0.2, 0.25) is 0 Å². The maximum absolute atomic E-state index is 13.8. The fraction of sp³-hybridized carbons (Fsp3) is 0.167. The van der Waals surface area contributed by atoms with Crippen molar-refractivity contribution in [3.8, 4) is 11.4 Å². The Balaban J connectivity index is 0.00000161. The van der Waals surface area contributed by atoms with Gasteiger partial charge in [-0.05, 0) is 25.1 Å². The first-order valence-corrected chi connectivity index (χ1v) is 6.55. The molecule has 3 aromatic rings. The molecule has 0 atom stereocenters. The molecule has 0 saturated carbocycles.